The molecule has 3 heteroatoms. The van der Waals surface area contributed by atoms with Gasteiger partial charge in [-0.25, -0.2) is 0 Å². The summed E-state index contributed by atoms with van der Waals surface area (Å²) in [6.45, 7) is 0. The molecule has 2 aromatic heterocycles. The van der Waals surface area contributed by atoms with E-state index in [0.717, 1.165) is 33.8 Å². The Labute approximate surface area is 358 Å². The predicted octanol–water partition coefficient (Wildman–Crippen LogP) is 16.8. The fourth-order valence-electron chi connectivity index (χ4n) is 9.49. The highest BCUT2D eigenvalue weighted by molar-refractivity contribution is 7.26. The molecule has 0 radical (unpaired) electrons. The van der Waals surface area contributed by atoms with Crippen molar-refractivity contribution in [3.05, 3.63) is 231 Å². The highest BCUT2D eigenvalue weighted by Crippen LogP contribution is 2.51. The summed E-state index contributed by atoms with van der Waals surface area (Å²) in [5.41, 5.74) is 14.0. The van der Waals surface area contributed by atoms with Gasteiger partial charge in [-0.15, -0.1) is 11.3 Å². The van der Waals surface area contributed by atoms with Crippen LogP contribution in [0.3, 0.4) is 0 Å². The van der Waals surface area contributed by atoms with Crippen molar-refractivity contribution in [2.24, 2.45) is 0 Å². The minimum atomic E-state index is 1.12. The van der Waals surface area contributed by atoms with Crippen LogP contribution in [0, 0.1) is 0 Å². The SMILES string of the molecule is c1ccc(-c2ccccc2N(c2ccccc2-c2cccc3c2sc2ccccc23)c2cccc3c2c2ccccc2n3-c2ccccc2-c2ccc3ccccc3c2)cc1. The Morgan fingerprint density at radius 3 is 1.80 bits per heavy atom. The van der Waals surface area contributed by atoms with Crippen LogP contribution >= 0.6 is 11.3 Å². The van der Waals surface area contributed by atoms with Crippen molar-refractivity contribution in [3.8, 4) is 39.1 Å². The summed E-state index contributed by atoms with van der Waals surface area (Å²) in [5, 5.41) is 7.47. The Hall–Kier alpha value is -7.72. The Kier molecular flexibility index (Phi) is 8.39. The molecule has 2 heterocycles. The van der Waals surface area contributed by atoms with Gasteiger partial charge in [0.2, 0.25) is 0 Å². The average Bonchev–Trinajstić information content (AvgIpc) is 3.89. The van der Waals surface area contributed by atoms with E-state index in [0.29, 0.717) is 0 Å². The van der Waals surface area contributed by atoms with E-state index in [-0.39, 0.29) is 0 Å². The van der Waals surface area contributed by atoms with Gasteiger partial charge in [0, 0.05) is 53.2 Å². The molecule has 0 saturated carbocycles. The number of hydrogen-bond acceptors (Lipinski definition) is 2. The second kappa shape index (κ2) is 14.5. The van der Waals surface area contributed by atoms with Crippen LogP contribution in [0.25, 0.3) is 91.8 Å². The van der Waals surface area contributed by atoms with Crippen molar-refractivity contribution in [1.82, 2.24) is 4.57 Å². The van der Waals surface area contributed by atoms with E-state index >= 15 is 0 Å². The fraction of sp³-hybridized carbons (Fsp3) is 0. The lowest BCUT2D eigenvalue weighted by atomic mass is 9.97. The number of hydrogen-bond donors (Lipinski definition) is 0. The summed E-state index contributed by atoms with van der Waals surface area (Å²) in [7, 11) is 0. The highest BCUT2D eigenvalue weighted by Gasteiger charge is 2.26. The largest absolute Gasteiger partial charge is 0.309 e. The molecule has 0 aliphatic heterocycles. The van der Waals surface area contributed by atoms with E-state index in [1.807, 2.05) is 11.3 Å². The molecule has 286 valence electrons. The lowest BCUT2D eigenvalue weighted by molar-refractivity contribution is 1.18. The van der Waals surface area contributed by atoms with Gasteiger partial charge in [-0.05, 0) is 70.4 Å². The van der Waals surface area contributed by atoms with E-state index in [1.54, 1.807) is 0 Å². The number of para-hydroxylation sites is 4. The Morgan fingerprint density at radius 2 is 0.934 bits per heavy atom. The summed E-state index contributed by atoms with van der Waals surface area (Å²) in [4.78, 5) is 2.53. The Balaban J connectivity index is 1.16. The number of benzene rings is 10. The predicted molar refractivity (Wildman–Crippen MR) is 262 cm³/mol. The number of rotatable bonds is 7. The second-order valence-electron chi connectivity index (χ2n) is 15.6. The molecule has 0 unspecified atom stereocenters. The van der Waals surface area contributed by atoms with Gasteiger partial charge in [0.1, 0.15) is 0 Å². The quantitative estimate of drug-likeness (QED) is 0.156. The Bertz CT molecular complexity index is 3610. The average molecular weight is 795 g/mol. The zero-order valence-corrected chi connectivity index (χ0v) is 34.1. The molecule has 0 amide bonds. The van der Waals surface area contributed by atoms with Crippen molar-refractivity contribution in [3.63, 3.8) is 0 Å². The first-order valence-corrected chi connectivity index (χ1v) is 21.7. The zero-order valence-electron chi connectivity index (χ0n) is 33.2. The lowest BCUT2D eigenvalue weighted by Gasteiger charge is -2.30. The number of fused-ring (bicyclic) bond motifs is 7. The second-order valence-corrected chi connectivity index (χ2v) is 16.7. The van der Waals surface area contributed by atoms with Gasteiger partial charge in [0.05, 0.1) is 33.8 Å². The van der Waals surface area contributed by atoms with Crippen LogP contribution in [0.2, 0.25) is 0 Å². The van der Waals surface area contributed by atoms with E-state index in [9.17, 15) is 0 Å². The minimum Gasteiger partial charge on any atom is -0.309 e. The van der Waals surface area contributed by atoms with Crippen molar-refractivity contribution in [2.45, 2.75) is 0 Å². The maximum atomic E-state index is 2.53. The molecular formula is C58H38N2S. The topological polar surface area (TPSA) is 8.17 Å². The molecule has 12 rings (SSSR count). The van der Waals surface area contributed by atoms with Crippen molar-refractivity contribution < 1.29 is 0 Å². The fourth-order valence-corrected chi connectivity index (χ4v) is 10.7. The molecule has 0 saturated heterocycles. The monoisotopic (exact) mass is 794 g/mol. The molecule has 12 aromatic rings. The molecule has 0 atom stereocenters. The van der Waals surface area contributed by atoms with Crippen LogP contribution in [-0.4, -0.2) is 4.57 Å². The molecule has 0 N–H and O–H groups in total. The lowest BCUT2D eigenvalue weighted by Crippen LogP contribution is -2.13. The number of aromatic nitrogens is 1. The third-order valence-electron chi connectivity index (χ3n) is 12.2. The first-order valence-electron chi connectivity index (χ1n) is 20.9. The van der Waals surface area contributed by atoms with Gasteiger partial charge in [-0.1, -0.05) is 182 Å². The maximum absolute atomic E-state index is 2.53. The van der Waals surface area contributed by atoms with Gasteiger partial charge in [-0.3, -0.25) is 0 Å². The molecule has 0 bridgehead atoms. The van der Waals surface area contributed by atoms with Crippen molar-refractivity contribution in [2.75, 3.05) is 4.90 Å². The van der Waals surface area contributed by atoms with Crippen LogP contribution in [0.5, 0.6) is 0 Å². The normalized spacial score (nSPS) is 11.6. The van der Waals surface area contributed by atoms with Crippen LogP contribution < -0.4 is 4.90 Å². The minimum absolute atomic E-state index is 1.12. The maximum Gasteiger partial charge on any atom is 0.0562 e. The summed E-state index contributed by atoms with van der Waals surface area (Å²) in [5.74, 6) is 0. The van der Waals surface area contributed by atoms with Gasteiger partial charge in [-0.2, -0.15) is 0 Å². The smallest absolute Gasteiger partial charge is 0.0562 e. The molecule has 2 nitrogen and oxygen atoms in total. The van der Waals surface area contributed by atoms with Crippen molar-refractivity contribution in [1.29, 1.82) is 0 Å². The highest BCUT2D eigenvalue weighted by atomic mass is 32.1. The first-order chi connectivity index (χ1) is 30.3. The summed E-state index contributed by atoms with van der Waals surface area (Å²) in [6, 6.07) is 84.3. The number of anilines is 3. The number of nitrogens with zero attached hydrogens (tertiary/aromatic N) is 2. The first kappa shape index (κ1) is 35.2. The van der Waals surface area contributed by atoms with Crippen LogP contribution in [0.15, 0.2) is 231 Å². The van der Waals surface area contributed by atoms with Gasteiger partial charge < -0.3 is 9.47 Å². The molecular weight excluding hydrogens is 757 g/mol. The van der Waals surface area contributed by atoms with Crippen LogP contribution in [0.4, 0.5) is 17.1 Å². The van der Waals surface area contributed by atoms with Crippen LogP contribution in [-0.2, 0) is 0 Å². The molecule has 61 heavy (non-hydrogen) atoms. The summed E-state index contributed by atoms with van der Waals surface area (Å²) in [6.07, 6.45) is 0. The molecule has 0 aliphatic carbocycles. The standard InChI is InChI=1S/C58H38N2S/c1-2-19-40(20-3-1)43-22-6-11-29-50(43)59(52-31-13-8-24-45(52)47-27-16-28-48-46-25-10-15-35-56(46)61-58(47)48)54-33-17-34-55-57(54)49-26-9-14-32-53(49)60(55)51-30-12-7-23-44(51)42-37-36-39-18-4-5-21-41(39)38-42/h1-38H. The summed E-state index contributed by atoms with van der Waals surface area (Å²) >= 11 is 1.88. The third-order valence-corrected chi connectivity index (χ3v) is 13.4. The Morgan fingerprint density at radius 1 is 0.344 bits per heavy atom. The van der Waals surface area contributed by atoms with E-state index in [1.165, 1.54) is 75.1 Å². The van der Waals surface area contributed by atoms with Crippen molar-refractivity contribution >= 4 is 81.1 Å². The van der Waals surface area contributed by atoms with Gasteiger partial charge in [0.25, 0.3) is 0 Å². The van der Waals surface area contributed by atoms with E-state index in [2.05, 4.69) is 240 Å². The molecule has 0 fully saturated rings. The molecule has 0 spiro atoms. The van der Waals surface area contributed by atoms with E-state index < -0.39 is 0 Å². The third kappa shape index (κ3) is 5.78. The van der Waals surface area contributed by atoms with Crippen LogP contribution in [0.1, 0.15) is 0 Å². The van der Waals surface area contributed by atoms with Gasteiger partial charge >= 0.3 is 0 Å². The zero-order chi connectivity index (χ0) is 40.3. The molecule has 10 aromatic carbocycles. The number of thiophene rings is 1. The van der Waals surface area contributed by atoms with Gasteiger partial charge in [0.15, 0.2) is 0 Å². The van der Waals surface area contributed by atoms with E-state index in [4.69, 9.17) is 0 Å². The summed E-state index contributed by atoms with van der Waals surface area (Å²) < 4.78 is 5.08. The molecule has 0 aliphatic rings.